The molecule has 0 N–H and O–H groups in total. The number of rotatable bonds is 6. The Bertz CT molecular complexity index is 1010. The van der Waals surface area contributed by atoms with Crippen molar-refractivity contribution in [3.63, 3.8) is 0 Å². The monoisotopic (exact) mass is 405 g/mol. The van der Waals surface area contributed by atoms with Gasteiger partial charge in [0.2, 0.25) is 11.8 Å². The van der Waals surface area contributed by atoms with E-state index in [0.29, 0.717) is 35.6 Å². The van der Waals surface area contributed by atoms with Gasteiger partial charge in [0.15, 0.2) is 15.6 Å². The molecule has 4 rings (SSSR count). The molecule has 1 aliphatic heterocycles. The van der Waals surface area contributed by atoms with Crippen LogP contribution in [0.25, 0.3) is 11.3 Å². The van der Waals surface area contributed by atoms with E-state index in [0.717, 1.165) is 5.56 Å². The number of sulfone groups is 1. The number of thioether (sulfide) groups is 1. The second-order valence-corrected chi connectivity index (χ2v) is 10.1. The van der Waals surface area contributed by atoms with E-state index in [1.165, 1.54) is 11.8 Å². The highest BCUT2D eigenvalue weighted by atomic mass is 32.2. The van der Waals surface area contributed by atoms with E-state index in [-0.39, 0.29) is 22.7 Å². The van der Waals surface area contributed by atoms with E-state index in [1.54, 1.807) is 6.20 Å². The largest absolute Gasteiger partial charge is 0.440 e. The molecule has 1 saturated heterocycles. The molecule has 1 aromatic carbocycles. The van der Waals surface area contributed by atoms with E-state index < -0.39 is 9.84 Å². The molecule has 0 unspecified atom stereocenters. The molecule has 2 atom stereocenters. The highest BCUT2D eigenvalue weighted by molar-refractivity contribution is 7.99. The van der Waals surface area contributed by atoms with Crippen LogP contribution < -0.4 is 0 Å². The van der Waals surface area contributed by atoms with Gasteiger partial charge in [-0.1, -0.05) is 42.1 Å². The molecule has 0 bridgehead atoms. The number of oxazole rings is 1. The lowest BCUT2D eigenvalue weighted by atomic mass is 10.1. The standard InChI is InChI=1S/C18H19N3O4S2/c1-12(17-19-10-15(24-17)14-5-3-2-4-6-14)26-18-21-20-16(25-18)9-13-7-8-27(22,23)11-13/h2-6,10,12-13H,7-9,11H2,1H3/t12-,13+/m1/s1. The number of aromatic nitrogens is 3. The van der Waals surface area contributed by atoms with Gasteiger partial charge in [0.05, 0.1) is 23.0 Å². The molecule has 1 aliphatic rings. The summed E-state index contributed by atoms with van der Waals surface area (Å²) in [6, 6.07) is 9.79. The Morgan fingerprint density at radius 2 is 2.04 bits per heavy atom. The summed E-state index contributed by atoms with van der Waals surface area (Å²) in [6.07, 6.45) is 2.86. The Balaban J connectivity index is 1.38. The number of benzene rings is 1. The van der Waals surface area contributed by atoms with Crippen LogP contribution in [0.15, 0.2) is 50.6 Å². The first-order chi connectivity index (χ1) is 13.0. The van der Waals surface area contributed by atoms with Crippen LogP contribution in [0.5, 0.6) is 0 Å². The summed E-state index contributed by atoms with van der Waals surface area (Å²) in [7, 11) is -2.90. The summed E-state index contributed by atoms with van der Waals surface area (Å²) >= 11 is 1.37. The molecule has 2 aromatic heterocycles. The Kier molecular flexibility index (Phi) is 5.05. The van der Waals surface area contributed by atoms with Crippen LogP contribution in [0.1, 0.15) is 30.4 Å². The van der Waals surface area contributed by atoms with Crippen molar-refractivity contribution in [2.75, 3.05) is 11.5 Å². The summed E-state index contributed by atoms with van der Waals surface area (Å²) in [5.41, 5.74) is 0.972. The Hall–Kier alpha value is -2.13. The highest BCUT2D eigenvalue weighted by Gasteiger charge is 2.29. The Morgan fingerprint density at radius 1 is 1.22 bits per heavy atom. The summed E-state index contributed by atoms with van der Waals surface area (Å²) < 4.78 is 34.6. The lowest BCUT2D eigenvalue weighted by molar-refractivity contribution is 0.388. The van der Waals surface area contributed by atoms with E-state index in [1.807, 2.05) is 37.3 Å². The number of nitrogens with zero attached hydrogens (tertiary/aromatic N) is 3. The predicted molar refractivity (Wildman–Crippen MR) is 101 cm³/mol. The first kappa shape index (κ1) is 18.2. The molecule has 9 heteroatoms. The lowest BCUT2D eigenvalue weighted by Crippen LogP contribution is -2.07. The zero-order valence-electron chi connectivity index (χ0n) is 14.7. The maximum absolute atomic E-state index is 11.6. The summed E-state index contributed by atoms with van der Waals surface area (Å²) in [6.45, 7) is 1.96. The van der Waals surface area contributed by atoms with Crippen molar-refractivity contribution in [3.05, 3.63) is 48.3 Å². The van der Waals surface area contributed by atoms with E-state index in [2.05, 4.69) is 15.2 Å². The van der Waals surface area contributed by atoms with Gasteiger partial charge in [-0.3, -0.25) is 0 Å². The van der Waals surface area contributed by atoms with Gasteiger partial charge in [-0.25, -0.2) is 13.4 Å². The molecule has 27 heavy (non-hydrogen) atoms. The van der Waals surface area contributed by atoms with Crippen molar-refractivity contribution in [3.8, 4) is 11.3 Å². The maximum atomic E-state index is 11.6. The Labute approximate surface area is 161 Å². The van der Waals surface area contributed by atoms with Crippen molar-refractivity contribution < 1.29 is 17.3 Å². The summed E-state index contributed by atoms with van der Waals surface area (Å²) in [5, 5.41) is 8.43. The van der Waals surface area contributed by atoms with Crippen molar-refractivity contribution in [2.45, 2.75) is 30.2 Å². The smallest absolute Gasteiger partial charge is 0.277 e. The molecule has 0 radical (unpaired) electrons. The molecule has 0 spiro atoms. The minimum Gasteiger partial charge on any atom is -0.440 e. The van der Waals surface area contributed by atoms with Gasteiger partial charge in [-0.05, 0) is 19.3 Å². The van der Waals surface area contributed by atoms with Gasteiger partial charge >= 0.3 is 0 Å². The normalized spacial score (nSPS) is 20.0. The van der Waals surface area contributed by atoms with E-state index >= 15 is 0 Å². The zero-order chi connectivity index (χ0) is 18.9. The molecule has 0 amide bonds. The van der Waals surface area contributed by atoms with Gasteiger partial charge in [-0.2, -0.15) is 0 Å². The van der Waals surface area contributed by atoms with Crippen molar-refractivity contribution in [2.24, 2.45) is 5.92 Å². The quantitative estimate of drug-likeness (QED) is 0.574. The number of hydrogen-bond donors (Lipinski definition) is 0. The third-order valence-corrected chi connectivity index (χ3v) is 7.20. The maximum Gasteiger partial charge on any atom is 0.277 e. The SMILES string of the molecule is C[C@@H](Sc1nnc(C[C@@H]2CCS(=O)(=O)C2)o1)c1ncc(-c2ccccc2)o1. The topological polar surface area (TPSA) is 99.1 Å². The molecule has 3 aromatic rings. The van der Waals surface area contributed by atoms with Crippen LogP contribution in [-0.4, -0.2) is 35.1 Å². The third-order valence-electron chi connectivity index (χ3n) is 4.45. The first-order valence-electron chi connectivity index (χ1n) is 8.69. The van der Waals surface area contributed by atoms with Gasteiger partial charge in [-0.15, -0.1) is 10.2 Å². The molecule has 7 nitrogen and oxygen atoms in total. The van der Waals surface area contributed by atoms with Gasteiger partial charge in [0, 0.05) is 12.0 Å². The molecular weight excluding hydrogens is 386 g/mol. The van der Waals surface area contributed by atoms with Crippen molar-refractivity contribution in [1.29, 1.82) is 0 Å². The van der Waals surface area contributed by atoms with Crippen LogP contribution in [-0.2, 0) is 16.3 Å². The van der Waals surface area contributed by atoms with Crippen molar-refractivity contribution in [1.82, 2.24) is 15.2 Å². The predicted octanol–water partition coefficient (Wildman–Crippen LogP) is 3.56. The van der Waals surface area contributed by atoms with E-state index in [9.17, 15) is 8.42 Å². The van der Waals surface area contributed by atoms with Crippen LogP contribution in [0.4, 0.5) is 0 Å². The highest BCUT2D eigenvalue weighted by Crippen LogP contribution is 2.35. The van der Waals surface area contributed by atoms with Gasteiger partial charge in [0.1, 0.15) is 0 Å². The van der Waals surface area contributed by atoms with Gasteiger partial charge in [0.25, 0.3) is 5.22 Å². The number of hydrogen-bond acceptors (Lipinski definition) is 8. The molecular formula is C18H19N3O4S2. The molecule has 0 saturated carbocycles. The summed E-state index contributed by atoms with van der Waals surface area (Å²) in [5.74, 6) is 2.29. The minimum atomic E-state index is -2.90. The molecule has 0 aliphatic carbocycles. The minimum absolute atomic E-state index is 0.0610. The fraction of sp³-hybridized carbons (Fsp3) is 0.389. The van der Waals surface area contributed by atoms with E-state index in [4.69, 9.17) is 8.83 Å². The fourth-order valence-corrected chi connectivity index (χ4v) is 5.67. The van der Waals surface area contributed by atoms with Gasteiger partial charge < -0.3 is 8.83 Å². The van der Waals surface area contributed by atoms with Crippen LogP contribution >= 0.6 is 11.8 Å². The van der Waals surface area contributed by atoms with Crippen LogP contribution in [0.3, 0.4) is 0 Å². The Morgan fingerprint density at radius 3 is 2.78 bits per heavy atom. The lowest BCUT2D eigenvalue weighted by Gasteiger charge is -2.04. The second-order valence-electron chi connectivity index (χ2n) is 6.62. The average molecular weight is 406 g/mol. The average Bonchev–Trinajstić information content (AvgIpc) is 3.36. The first-order valence-corrected chi connectivity index (χ1v) is 11.4. The third kappa shape index (κ3) is 4.41. The molecule has 3 heterocycles. The van der Waals surface area contributed by atoms with Crippen LogP contribution in [0, 0.1) is 5.92 Å². The second kappa shape index (κ2) is 7.47. The van der Waals surface area contributed by atoms with Crippen molar-refractivity contribution >= 4 is 21.6 Å². The molecule has 1 fully saturated rings. The molecule has 142 valence electrons. The summed E-state index contributed by atoms with van der Waals surface area (Å²) in [4.78, 5) is 4.35. The fourth-order valence-electron chi connectivity index (χ4n) is 3.06. The van der Waals surface area contributed by atoms with Crippen LogP contribution in [0.2, 0.25) is 0 Å². The zero-order valence-corrected chi connectivity index (χ0v) is 16.4.